The van der Waals surface area contributed by atoms with Crippen molar-refractivity contribution in [2.75, 3.05) is 13.6 Å². The topological polar surface area (TPSA) is 3.24 Å². The van der Waals surface area contributed by atoms with Gasteiger partial charge in [-0.25, -0.2) is 0 Å². The zero-order valence-corrected chi connectivity index (χ0v) is 8.27. The molecule has 0 bridgehead atoms. The first-order valence-electron chi connectivity index (χ1n) is 4.88. The highest BCUT2D eigenvalue weighted by Gasteiger charge is 2.21. The quantitative estimate of drug-likeness (QED) is 0.568. The lowest BCUT2D eigenvalue weighted by Gasteiger charge is -2.33. The van der Waals surface area contributed by atoms with E-state index in [1.54, 1.807) is 0 Å². The van der Waals surface area contributed by atoms with Crippen molar-refractivity contribution in [3.63, 3.8) is 0 Å². The predicted octanol–water partition coefficient (Wildman–Crippen LogP) is 2.59. The molecule has 1 aliphatic heterocycles. The van der Waals surface area contributed by atoms with Crippen LogP contribution >= 0.6 is 0 Å². The molecule has 0 spiro atoms. The molecule has 1 heterocycles. The number of likely N-dealkylation sites (N-methyl/N-ethyl adjacent to an activating group) is 1. The molecule has 1 aliphatic rings. The largest absolute Gasteiger partial charge is 0.299 e. The second kappa shape index (κ2) is 4.49. The fourth-order valence-electron chi connectivity index (χ4n) is 1.98. The fourth-order valence-corrected chi connectivity index (χ4v) is 1.98. The second-order valence-corrected chi connectivity index (χ2v) is 3.59. The van der Waals surface area contributed by atoms with Gasteiger partial charge in [-0.1, -0.05) is 19.9 Å². The molecule has 1 saturated heterocycles. The first-order chi connectivity index (χ1) is 5.79. The van der Waals surface area contributed by atoms with Crippen LogP contribution in [0.5, 0.6) is 0 Å². The molecular formula is C11H19N. The Kier molecular flexibility index (Phi) is 3.58. The van der Waals surface area contributed by atoms with Crippen molar-refractivity contribution in [1.29, 1.82) is 0 Å². The average molecular weight is 165 g/mol. The standard InChI is InChI=1S/C11H19N/c1-4-7-11-10(5-2)8-6-9-12(11)3/h11H,2,4,6-9H2,1,3H3. The summed E-state index contributed by atoms with van der Waals surface area (Å²) in [6.07, 6.45) is 4.99. The van der Waals surface area contributed by atoms with Gasteiger partial charge >= 0.3 is 0 Å². The van der Waals surface area contributed by atoms with Gasteiger partial charge in [0, 0.05) is 6.04 Å². The molecule has 1 nitrogen and oxygen atoms in total. The van der Waals surface area contributed by atoms with Gasteiger partial charge in [-0.2, -0.15) is 0 Å². The van der Waals surface area contributed by atoms with Crippen molar-refractivity contribution in [2.24, 2.45) is 0 Å². The molecule has 12 heavy (non-hydrogen) atoms. The molecule has 1 unspecified atom stereocenters. The number of rotatable bonds is 2. The Morgan fingerprint density at radius 3 is 3.00 bits per heavy atom. The third-order valence-corrected chi connectivity index (χ3v) is 2.68. The molecule has 0 aromatic heterocycles. The Morgan fingerprint density at radius 1 is 1.67 bits per heavy atom. The van der Waals surface area contributed by atoms with E-state index >= 15 is 0 Å². The van der Waals surface area contributed by atoms with Crippen LogP contribution in [-0.4, -0.2) is 24.5 Å². The maximum absolute atomic E-state index is 3.76. The van der Waals surface area contributed by atoms with Crippen LogP contribution in [0.4, 0.5) is 0 Å². The van der Waals surface area contributed by atoms with Crippen LogP contribution in [0.1, 0.15) is 32.6 Å². The maximum Gasteiger partial charge on any atom is 0.0379 e. The van der Waals surface area contributed by atoms with Gasteiger partial charge in [-0.05, 0) is 38.4 Å². The number of hydrogen-bond donors (Lipinski definition) is 0. The lowest BCUT2D eigenvalue weighted by Crippen LogP contribution is -2.37. The van der Waals surface area contributed by atoms with Gasteiger partial charge in [0.1, 0.15) is 0 Å². The molecule has 68 valence electrons. The highest BCUT2D eigenvalue weighted by molar-refractivity contribution is 5.11. The van der Waals surface area contributed by atoms with Crippen LogP contribution in [0, 0.1) is 0 Å². The summed E-state index contributed by atoms with van der Waals surface area (Å²) in [6, 6.07) is 0.626. The van der Waals surface area contributed by atoms with E-state index in [1.807, 2.05) is 0 Å². The molecule has 1 fully saturated rings. The van der Waals surface area contributed by atoms with Crippen molar-refractivity contribution in [2.45, 2.75) is 38.6 Å². The minimum absolute atomic E-state index is 0.626. The summed E-state index contributed by atoms with van der Waals surface area (Å²) >= 11 is 0. The first kappa shape index (κ1) is 9.57. The third kappa shape index (κ3) is 2.00. The lowest BCUT2D eigenvalue weighted by atomic mass is 9.93. The van der Waals surface area contributed by atoms with Gasteiger partial charge in [-0.15, -0.1) is 5.73 Å². The minimum Gasteiger partial charge on any atom is -0.299 e. The molecule has 1 atom stereocenters. The Labute approximate surface area is 75.8 Å². The van der Waals surface area contributed by atoms with E-state index in [0.29, 0.717) is 6.04 Å². The van der Waals surface area contributed by atoms with Gasteiger partial charge in [0.25, 0.3) is 0 Å². The molecule has 0 aromatic rings. The van der Waals surface area contributed by atoms with Crippen LogP contribution in [0.25, 0.3) is 0 Å². The van der Waals surface area contributed by atoms with E-state index in [-0.39, 0.29) is 0 Å². The normalized spacial score (nSPS) is 25.5. The van der Waals surface area contributed by atoms with Crippen LogP contribution in [0.15, 0.2) is 17.9 Å². The molecule has 0 saturated carbocycles. The number of nitrogens with zero attached hydrogens (tertiary/aromatic N) is 1. The number of hydrogen-bond acceptors (Lipinski definition) is 1. The van der Waals surface area contributed by atoms with Gasteiger partial charge in [0.2, 0.25) is 0 Å². The van der Waals surface area contributed by atoms with Gasteiger partial charge in [0.15, 0.2) is 0 Å². The SMILES string of the molecule is C=C=C1CCCN(C)C1CCC. The monoisotopic (exact) mass is 165 g/mol. The molecule has 1 rings (SSSR count). The van der Waals surface area contributed by atoms with Crippen LogP contribution in [-0.2, 0) is 0 Å². The van der Waals surface area contributed by atoms with E-state index < -0.39 is 0 Å². The fraction of sp³-hybridized carbons (Fsp3) is 0.727. The summed E-state index contributed by atoms with van der Waals surface area (Å²) in [4.78, 5) is 2.43. The molecule has 0 aromatic carbocycles. The van der Waals surface area contributed by atoms with Gasteiger partial charge in [0.05, 0.1) is 0 Å². The summed E-state index contributed by atoms with van der Waals surface area (Å²) in [5.74, 6) is 0. The lowest BCUT2D eigenvalue weighted by molar-refractivity contribution is 0.225. The van der Waals surface area contributed by atoms with Crippen LogP contribution in [0.3, 0.4) is 0 Å². The summed E-state index contributed by atoms with van der Waals surface area (Å²) in [5, 5.41) is 0. The molecule has 0 aliphatic carbocycles. The van der Waals surface area contributed by atoms with E-state index in [1.165, 1.54) is 37.8 Å². The molecular weight excluding hydrogens is 146 g/mol. The molecule has 1 heteroatoms. The van der Waals surface area contributed by atoms with Gasteiger partial charge in [-0.3, -0.25) is 4.90 Å². The van der Waals surface area contributed by atoms with Crippen LogP contribution in [0.2, 0.25) is 0 Å². The first-order valence-corrected chi connectivity index (χ1v) is 4.88. The molecule has 0 N–H and O–H groups in total. The van der Waals surface area contributed by atoms with Gasteiger partial charge < -0.3 is 0 Å². The average Bonchev–Trinajstić information content (AvgIpc) is 2.09. The van der Waals surface area contributed by atoms with E-state index in [4.69, 9.17) is 0 Å². The van der Waals surface area contributed by atoms with Crippen molar-refractivity contribution >= 4 is 0 Å². The summed E-state index contributed by atoms with van der Waals surface area (Å²) in [7, 11) is 2.21. The third-order valence-electron chi connectivity index (χ3n) is 2.68. The Morgan fingerprint density at radius 2 is 2.42 bits per heavy atom. The minimum atomic E-state index is 0.626. The Balaban J connectivity index is 2.66. The highest BCUT2D eigenvalue weighted by Crippen LogP contribution is 2.23. The van der Waals surface area contributed by atoms with E-state index in [0.717, 1.165) is 0 Å². The highest BCUT2D eigenvalue weighted by atomic mass is 15.1. The Bertz CT molecular complexity index is 189. The van der Waals surface area contributed by atoms with Crippen molar-refractivity contribution in [1.82, 2.24) is 4.90 Å². The number of likely N-dealkylation sites (tertiary alicyclic amines) is 1. The molecule has 0 amide bonds. The zero-order chi connectivity index (χ0) is 8.97. The Hall–Kier alpha value is -0.520. The van der Waals surface area contributed by atoms with Crippen LogP contribution < -0.4 is 0 Å². The second-order valence-electron chi connectivity index (χ2n) is 3.59. The van der Waals surface area contributed by atoms with E-state index in [9.17, 15) is 0 Å². The predicted molar refractivity (Wildman–Crippen MR) is 53.2 cm³/mol. The van der Waals surface area contributed by atoms with Crippen molar-refractivity contribution in [3.05, 3.63) is 17.9 Å². The van der Waals surface area contributed by atoms with Crippen molar-refractivity contribution < 1.29 is 0 Å². The van der Waals surface area contributed by atoms with E-state index in [2.05, 4.69) is 31.2 Å². The summed E-state index contributed by atoms with van der Waals surface area (Å²) < 4.78 is 0. The zero-order valence-electron chi connectivity index (χ0n) is 8.27. The summed E-state index contributed by atoms with van der Waals surface area (Å²) in [5.41, 5.74) is 4.52. The van der Waals surface area contributed by atoms with Crippen molar-refractivity contribution in [3.8, 4) is 0 Å². The smallest absolute Gasteiger partial charge is 0.0379 e. The molecule has 0 radical (unpaired) electrons. The summed E-state index contributed by atoms with van der Waals surface area (Å²) in [6.45, 7) is 7.23. The maximum atomic E-state index is 3.76. The number of piperidine rings is 1.